The van der Waals surface area contributed by atoms with Crippen LogP contribution in [0.15, 0.2) is 4.21 Å². The van der Waals surface area contributed by atoms with Crippen molar-refractivity contribution in [3.63, 3.8) is 0 Å². The lowest BCUT2D eigenvalue weighted by molar-refractivity contribution is 0.0166. The largest absolute Gasteiger partial charge is 0.313 e. The standard InChI is InChI=1S/C8H5ClF2O3S2/c1-16(13,14)7-4-3(6(9)15-7)2-8(10,11)5(4)12/h2H2,1H3. The van der Waals surface area contributed by atoms with Gasteiger partial charge in [-0.3, -0.25) is 4.79 Å². The molecule has 0 unspecified atom stereocenters. The third kappa shape index (κ3) is 1.57. The fourth-order valence-electron chi connectivity index (χ4n) is 1.55. The molecule has 1 aliphatic carbocycles. The molecule has 0 fully saturated rings. The molecule has 3 nitrogen and oxygen atoms in total. The quantitative estimate of drug-likeness (QED) is 0.795. The molecule has 0 N–H and O–H groups in total. The van der Waals surface area contributed by atoms with Gasteiger partial charge in [0.25, 0.3) is 0 Å². The van der Waals surface area contributed by atoms with Gasteiger partial charge in [0.15, 0.2) is 9.84 Å². The predicted molar refractivity (Wildman–Crippen MR) is 55.4 cm³/mol. The van der Waals surface area contributed by atoms with Crippen LogP contribution >= 0.6 is 22.9 Å². The molecule has 1 aromatic heterocycles. The number of alkyl halides is 2. The van der Waals surface area contributed by atoms with Crippen LogP contribution in [0.4, 0.5) is 8.78 Å². The van der Waals surface area contributed by atoms with Crippen LogP contribution in [0.2, 0.25) is 4.34 Å². The molecule has 1 aromatic rings. The number of rotatable bonds is 1. The summed E-state index contributed by atoms with van der Waals surface area (Å²) in [6, 6.07) is 0. The molecule has 2 rings (SSSR count). The molecule has 0 bridgehead atoms. The number of halogens is 3. The van der Waals surface area contributed by atoms with Crippen LogP contribution < -0.4 is 0 Å². The first kappa shape index (κ1) is 11.9. The molecule has 8 heteroatoms. The lowest BCUT2D eigenvalue weighted by atomic mass is 10.2. The Morgan fingerprint density at radius 1 is 1.44 bits per heavy atom. The Hall–Kier alpha value is -0.530. The Kier molecular flexibility index (Phi) is 2.42. The van der Waals surface area contributed by atoms with Crippen molar-refractivity contribution in [1.29, 1.82) is 0 Å². The van der Waals surface area contributed by atoms with Crippen LogP contribution in [-0.2, 0) is 16.3 Å². The van der Waals surface area contributed by atoms with Gasteiger partial charge < -0.3 is 0 Å². The van der Waals surface area contributed by atoms with Crippen LogP contribution in [0, 0.1) is 0 Å². The maximum atomic E-state index is 13.1. The van der Waals surface area contributed by atoms with Crippen LogP contribution in [-0.4, -0.2) is 26.4 Å². The Labute approximate surface area is 98.9 Å². The number of carbonyl (C=O) groups is 1. The van der Waals surface area contributed by atoms with E-state index < -0.39 is 33.5 Å². The minimum atomic E-state index is -3.71. The van der Waals surface area contributed by atoms with Crippen molar-refractivity contribution in [3.05, 3.63) is 15.5 Å². The van der Waals surface area contributed by atoms with E-state index in [-0.39, 0.29) is 14.1 Å². The van der Waals surface area contributed by atoms with Crippen molar-refractivity contribution >= 4 is 38.6 Å². The molecule has 0 amide bonds. The van der Waals surface area contributed by atoms with E-state index in [9.17, 15) is 22.0 Å². The van der Waals surface area contributed by atoms with E-state index in [2.05, 4.69) is 0 Å². The van der Waals surface area contributed by atoms with Gasteiger partial charge in [0.05, 0.1) is 9.90 Å². The highest BCUT2D eigenvalue weighted by atomic mass is 35.5. The molecule has 0 aromatic carbocycles. The van der Waals surface area contributed by atoms with Gasteiger partial charge in [-0.1, -0.05) is 11.6 Å². The zero-order valence-corrected chi connectivity index (χ0v) is 10.3. The van der Waals surface area contributed by atoms with Crippen LogP contribution in [0.3, 0.4) is 0 Å². The first-order valence-corrected chi connectivity index (χ1v) is 7.17. The van der Waals surface area contributed by atoms with E-state index in [4.69, 9.17) is 11.6 Å². The van der Waals surface area contributed by atoms with Crippen LogP contribution in [0.5, 0.6) is 0 Å². The average Bonchev–Trinajstić information content (AvgIpc) is 2.51. The predicted octanol–water partition coefficient (Wildman–Crippen LogP) is 2.18. The Morgan fingerprint density at radius 3 is 2.50 bits per heavy atom. The molecule has 0 saturated carbocycles. The smallest absolute Gasteiger partial charge is 0.287 e. The monoisotopic (exact) mass is 286 g/mol. The van der Waals surface area contributed by atoms with E-state index in [1.807, 2.05) is 0 Å². The minimum Gasteiger partial charge on any atom is -0.287 e. The number of ketones is 1. The summed E-state index contributed by atoms with van der Waals surface area (Å²) in [5.74, 6) is -4.99. The van der Waals surface area contributed by atoms with Gasteiger partial charge in [0.2, 0.25) is 5.78 Å². The van der Waals surface area contributed by atoms with Gasteiger partial charge in [-0.15, -0.1) is 11.3 Å². The van der Waals surface area contributed by atoms with Gasteiger partial charge >= 0.3 is 5.92 Å². The SMILES string of the molecule is CS(=O)(=O)c1sc(Cl)c2c1C(=O)C(F)(F)C2. The van der Waals surface area contributed by atoms with Crippen molar-refractivity contribution in [2.45, 2.75) is 16.6 Å². The van der Waals surface area contributed by atoms with Crippen LogP contribution in [0.1, 0.15) is 15.9 Å². The summed E-state index contributed by atoms with van der Waals surface area (Å²) in [6.07, 6.45) is 0.0468. The molecule has 88 valence electrons. The van der Waals surface area contributed by atoms with E-state index in [0.717, 1.165) is 6.26 Å². The summed E-state index contributed by atoms with van der Waals surface area (Å²) in [4.78, 5) is 11.3. The molecule has 1 aliphatic rings. The molecule has 0 atom stereocenters. The topological polar surface area (TPSA) is 51.2 Å². The summed E-state index contributed by atoms with van der Waals surface area (Å²) in [5.41, 5.74) is -0.482. The number of fused-ring (bicyclic) bond motifs is 1. The summed E-state index contributed by atoms with van der Waals surface area (Å²) in [7, 11) is -3.71. The van der Waals surface area contributed by atoms with Gasteiger partial charge in [0, 0.05) is 18.2 Å². The fourth-order valence-corrected chi connectivity index (χ4v) is 4.30. The van der Waals surface area contributed by atoms with Crippen molar-refractivity contribution in [1.82, 2.24) is 0 Å². The highest BCUT2D eigenvalue weighted by molar-refractivity contribution is 7.93. The second kappa shape index (κ2) is 3.24. The Morgan fingerprint density at radius 2 is 2.00 bits per heavy atom. The van der Waals surface area contributed by atoms with E-state index in [0.29, 0.717) is 11.3 Å². The zero-order valence-electron chi connectivity index (χ0n) is 7.88. The van der Waals surface area contributed by atoms with Crippen LogP contribution in [0.25, 0.3) is 0 Å². The van der Waals surface area contributed by atoms with Gasteiger partial charge in [0.1, 0.15) is 4.21 Å². The third-order valence-corrected chi connectivity index (χ3v) is 5.53. The fraction of sp³-hybridized carbons (Fsp3) is 0.375. The van der Waals surface area contributed by atoms with Gasteiger partial charge in [-0.2, -0.15) is 8.78 Å². The molecular weight excluding hydrogens is 282 g/mol. The summed E-state index contributed by atoms with van der Waals surface area (Å²) in [6.45, 7) is 0. The maximum Gasteiger partial charge on any atom is 0.313 e. The Bertz CT molecular complexity index is 589. The van der Waals surface area contributed by atoms with Crippen molar-refractivity contribution in [3.8, 4) is 0 Å². The van der Waals surface area contributed by atoms with E-state index in [1.165, 1.54) is 0 Å². The average molecular weight is 287 g/mol. The normalized spacial score (nSPS) is 18.9. The lowest BCUT2D eigenvalue weighted by Crippen LogP contribution is -2.24. The summed E-state index contributed by atoms with van der Waals surface area (Å²) in [5, 5.41) is 0. The number of hydrogen-bond donors (Lipinski definition) is 0. The molecule has 0 spiro atoms. The first-order valence-electron chi connectivity index (χ1n) is 4.08. The number of Topliss-reactive ketones (excluding diaryl/α,β-unsaturated/α-hetero) is 1. The van der Waals surface area contributed by atoms with Gasteiger partial charge in [-0.05, 0) is 0 Å². The molecular formula is C8H5ClF2O3S2. The highest BCUT2D eigenvalue weighted by Gasteiger charge is 2.51. The first-order chi connectivity index (χ1) is 7.14. The van der Waals surface area contributed by atoms with E-state index >= 15 is 0 Å². The van der Waals surface area contributed by atoms with E-state index in [1.54, 1.807) is 0 Å². The molecule has 0 radical (unpaired) electrons. The highest BCUT2D eigenvalue weighted by Crippen LogP contribution is 2.46. The molecule has 16 heavy (non-hydrogen) atoms. The maximum absolute atomic E-state index is 13.1. The minimum absolute atomic E-state index is 0.0536. The third-order valence-electron chi connectivity index (χ3n) is 2.22. The van der Waals surface area contributed by atoms with Crippen molar-refractivity contribution < 1.29 is 22.0 Å². The zero-order chi connectivity index (χ0) is 12.3. The molecule has 0 aliphatic heterocycles. The second-order valence-electron chi connectivity index (χ2n) is 3.50. The summed E-state index contributed by atoms with van der Waals surface area (Å²) < 4.78 is 48.4. The lowest BCUT2D eigenvalue weighted by Gasteiger charge is -2.05. The number of thiophene rings is 1. The number of carbonyl (C=O) groups excluding carboxylic acids is 1. The molecule has 0 saturated heterocycles. The van der Waals surface area contributed by atoms with Gasteiger partial charge in [-0.25, -0.2) is 8.42 Å². The number of hydrogen-bond acceptors (Lipinski definition) is 4. The summed E-state index contributed by atoms with van der Waals surface area (Å²) >= 11 is 6.31. The Balaban J connectivity index is 2.75. The second-order valence-corrected chi connectivity index (χ2v) is 7.33. The number of sulfone groups is 1. The molecule has 1 heterocycles. The van der Waals surface area contributed by atoms with Crippen molar-refractivity contribution in [2.24, 2.45) is 0 Å². The van der Waals surface area contributed by atoms with Crippen molar-refractivity contribution in [2.75, 3.05) is 6.26 Å².